The van der Waals surface area contributed by atoms with Crippen molar-refractivity contribution in [1.29, 1.82) is 0 Å². The van der Waals surface area contributed by atoms with E-state index in [0.717, 1.165) is 21.8 Å². The fourth-order valence-corrected chi connectivity index (χ4v) is 3.89. The van der Waals surface area contributed by atoms with E-state index in [-0.39, 0.29) is 0 Å². The largest absolute Gasteiger partial charge is 0.150 e. The summed E-state index contributed by atoms with van der Waals surface area (Å²) >= 11 is 0. The number of hydrogen-bond acceptors (Lipinski definition) is 2. The highest BCUT2D eigenvalue weighted by atomic mass is 15.1. The molecule has 0 atom stereocenters. The van der Waals surface area contributed by atoms with Gasteiger partial charge < -0.3 is 0 Å². The Morgan fingerprint density at radius 3 is 2.14 bits per heavy atom. The number of benzene rings is 3. The zero-order valence-electron chi connectivity index (χ0n) is 16.7. The lowest BCUT2D eigenvalue weighted by molar-refractivity contribution is 0.607. The lowest BCUT2D eigenvalue weighted by Gasteiger charge is -2.07. The molecule has 4 rings (SSSR count). The maximum atomic E-state index is 4.43. The third-order valence-corrected chi connectivity index (χ3v) is 5.56. The van der Waals surface area contributed by atoms with Crippen molar-refractivity contribution in [3.8, 4) is 11.1 Å². The van der Waals surface area contributed by atoms with Gasteiger partial charge >= 0.3 is 0 Å². The molecule has 0 spiro atoms. The summed E-state index contributed by atoms with van der Waals surface area (Å²) in [6, 6.07) is 23.7. The van der Waals surface area contributed by atoms with E-state index >= 15 is 0 Å². The number of fused-ring (bicyclic) bond motifs is 3. The maximum absolute atomic E-state index is 4.43. The molecular weight excluding hydrogens is 340 g/mol. The van der Waals surface area contributed by atoms with E-state index in [9.17, 15) is 0 Å². The molecule has 0 aliphatic carbocycles. The summed E-state index contributed by atoms with van der Waals surface area (Å²) < 4.78 is 0. The quantitative estimate of drug-likeness (QED) is 0.240. The summed E-state index contributed by atoms with van der Waals surface area (Å²) in [5.74, 6) is 0. The van der Waals surface area contributed by atoms with Crippen LogP contribution in [0.1, 0.15) is 51.0 Å². The molecule has 0 saturated heterocycles. The van der Waals surface area contributed by atoms with Crippen LogP contribution in [0, 0.1) is 0 Å². The van der Waals surface area contributed by atoms with E-state index < -0.39 is 0 Å². The minimum absolute atomic E-state index is 0.946. The first-order valence-corrected chi connectivity index (χ1v) is 10.6. The molecule has 0 aliphatic heterocycles. The van der Waals surface area contributed by atoms with Crippen LogP contribution < -0.4 is 0 Å². The molecule has 1 heterocycles. The molecule has 2 heteroatoms. The van der Waals surface area contributed by atoms with Gasteiger partial charge in [0.1, 0.15) is 0 Å². The lowest BCUT2D eigenvalue weighted by atomic mass is 9.99. The van der Waals surface area contributed by atoms with E-state index in [2.05, 4.69) is 71.7 Å². The smallest absolute Gasteiger partial charge is 0.0942 e. The molecule has 0 bridgehead atoms. The van der Waals surface area contributed by atoms with Gasteiger partial charge in [0.05, 0.1) is 11.0 Å². The third-order valence-electron chi connectivity index (χ3n) is 5.56. The number of hydrogen-bond donors (Lipinski definition) is 0. The summed E-state index contributed by atoms with van der Waals surface area (Å²) in [6.45, 7) is 2.27. The molecule has 0 fully saturated rings. The molecule has 1 aromatic heterocycles. The van der Waals surface area contributed by atoms with Gasteiger partial charge in [-0.2, -0.15) is 0 Å². The number of nitrogens with zero attached hydrogens (tertiary/aromatic N) is 2. The third kappa shape index (κ3) is 4.22. The maximum Gasteiger partial charge on any atom is 0.0942 e. The van der Waals surface area contributed by atoms with Crippen LogP contribution >= 0.6 is 0 Å². The zero-order chi connectivity index (χ0) is 19.2. The van der Waals surface area contributed by atoms with Gasteiger partial charge in [0.25, 0.3) is 0 Å². The molecule has 0 amide bonds. The zero-order valence-corrected chi connectivity index (χ0v) is 16.7. The highest BCUT2D eigenvalue weighted by molar-refractivity contribution is 6.04. The van der Waals surface area contributed by atoms with Crippen molar-refractivity contribution in [2.75, 3.05) is 0 Å². The van der Waals surface area contributed by atoms with Crippen molar-refractivity contribution >= 4 is 21.8 Å². The normalized spacial score (nSPS) is 11.3. The van der Waals surface area contributed by atoms with Crippen molar-refractivity contribution in [3.63, 3.8) is 0 Å². The van der Waals surface area contributed by atoms with Gasteiger partial charge in [0.15, 0.2) is 0 Å². The number of unbranched alkanes of at least 4 members (excludes halogenated alkanes) is 5. The fourth-order valence-electron chi connectivity index (χ4n) is 3.89. The van der Waals surface area contributed by atoms with Crippen molar-refractivity contribution in [1.82, 2.24) is 10.2 Å². The van der Waals surface area contributed by atoms with Gasteiger partial charge in [0.2, 0.25) is 0 Å². The van der Waals surface area contributed by atoms with E-state index in [4.69, 9.17) is 0 Å². The lowest BCUT2D eigenvalue weighted by Crippen LogP contribution is -1.89. The summed E-state index contributed by atoms with van der Waals surface area (Å²) in [7, 11) is 0. The van der Waals surface area contributed by atoms with Crippen LogP contribution in [0.3, 0.4) is 0 Å². The van der Waals surface area contributed by atoms with Crippen LogP contribution in [0.2, 0.25) is 0 Å². The Labute approximate surface area is 167 Å². The van der Waals surface area contributed by atoms with Crippen molar-refractivity contribution in [2.45, 2.75) is 51.9 Å². The minimum Gasteiger partial charge on any atom is -0.150 e. The molecule has 0 saturated carbocycles. The molecule has 28 heavy (non-hydrogen) atoms. The molecule has 2 nitrogen and oxygen atoms in total. The summed E-state index contributed by atoms with van der Waals surface area (Å²) in [5, 5.41) is 11.1. The van der Waals surface area contributed by atoms with Gasteiger partial charge in [-0.25, -0.2) is 0 Å². The molecule has 0 radical (unpaired) electrons. The first-order chi connectivity index (χ1) is 13.8. The summed E-state index contributed by atoms with van der Waals surface area (Å²) in [5.41, 5.74) is 5.77. The number of aromatic nitrogens is 2. The first-order valence-electron chi connectivity index (χ1n) is 10.6. The molecule has 0 N–H and O–H groups in total. The van der Waals surface area contributed by atoms with E-state index in [1.807, 2.05) is 12.1 Å². The van der Waals surface area contributed by atoms with Crippen LogP contribution in [-0.4, -0.2) is 10.2 Å². The predicted molar refractivity (Wildman–Crippen MR) is 120 cm³/mol. The van der Waals surface area contributed by atoms with Gasteiger partial charge in [-0.3, -0.25) is 0 Å². The second-order valence-corrected chi connectivity index (χ2v) is 7.66. The van der Waals surface area contributed by atoms with Crippen molar-refractivity contribution < 1.29 is 0 Å². The Hall–Kier alpha value is -2.74. The van der Waals surface area contributed by atoms with Crippen LogP contribution in [0.15, 0.2) is 66.7 Å². The number of rotatable bonds is 8. The molecule has 0 unspecified atom stereocenters. The topological polar surface area (TPSA) is 25.8 Å². The van der Waals surface area contributed by atoms with E-state index in [1.54, 1.807) is 0 Å². The van der Waals surface area contributed by atoms with Crippen LogP contribution in [-0.2, 0) is 6.42 Å². The molecule has 142 valence electrons. The second kappa shape index (κ2) is 8.97. The van der Waals surface area contributed by atoms with E-state index in [1.165, 1.54) is 61.6 Å². The average molecular weight is 369 g/mol. The van der Waals surface area contributed by atoms with Gasteiger partial charge in [-0.05, 0) is 41.7 Å². The predicted octanol–water partition coefficient (Wildman–Crippen LogP) is 7.35. The highest BCUT2D eigenvalue weighted by Gasteiger charge is 2.05. The van der Waals surface area contributed by atoms with E-state index in [0.29, 0.717) is 0 Å². The van der Waals surface area contributed by atoms with Gasteiger partial charge in [-0.15, -0.1) is 10.2 Å². The van der Waals surface area contributed by atoms with Crippen molar-refractivity contribution in [3.05, 3.63) is 72.3 Å². The molecule has 0 aliphatic rings. The standard InChI is InChI=1S/C26H28N2/c1-2-3-4-5-6-7-10-20-13-15-21(16-14-20)22-17-18-24-23-11-8-9-12-25(23)27-28-26(24)19-22/h8-9,11-19H,2-7,10H2,1H3. The first kappa shape index (κ1) is 18.6. The number of aryl methyl sites for hydroxylation is 1. The molecular formula is C26H28N2. The van der Waals surface area contributed by atoms with Crippen LogP contribution in [0.5, 0.6) is 0 Å². The molecule has 3 aromatic carbocycles. The monoisotopic (exact) mass is 368 g/mol. The minimum atomic E-state index is 0.946. The SMILES string of the molecule is CCCCCCCCc1ccc(-c2ccc3c(c2)nnc2ccccc23)cc1. The summed E-state index contributed by atoms with van der Waals surface area (Å²) in [4.78, 5) is 0. The van der Waals surface area contributed by atoms with Crippen LogP contribution in [0.25, 0.3) is 32.9 Å². The second-order valence-electron chi connectivity index (χ2n) is 7.66. The van der Waals surface area contributed by atoms with Gasteiger partial charge in [-0.1, -0.05) is 93.6 Å². The highest BCUT2D eigenvalue weighted by Crippen LogP contribution is 2.27. The average Bonchev–Trinajstić information content (AvgIpc) is 2.76. The van der Waals surface area contributed by atoms with Crippen LogP contribution in [0.4, 0.5) is 0 Å². The van der Waals surface area contributed by atoms with Crippen molar-refractivity contribution in [2.24, 2.45) is 0 Å². The Kier molecular flexibility index (Phi) is 5.96. The summed E-state index contributed by atoms with van der Waals surface area (Å²) in [6.07, 6.45) is 9.27. The Morgan fingerprint density at radius 1 is 0.607 bits per heavy atom. The Morgan fingerprint density at radius 2 is 1.29 bits per heavy atom. The fraction of sp³-hybridized carbons (Fsp3) is 0.308. The Bertz CT molecular complexity index is 1050. The Balaban J connectivity index is 1.46. The molecule has 4 aromatic rings. The van der Waals surface area contributed by atoms with Gasteiger partial charge in [0, 0.05) is 10.8 Å².